The highest BCUT2D eigenvalue weighted by molar-refractivity contribution is 9.10. The van der Waals surface area contributed by atoms with Crippen molar-refractivity contribution in [3.8, 4) is 0 Å². The van der Waals surface area contributed by atoms with Crippen LogP contribution in [0.15, 0.2) is 16.6 Å². The molecule has 1 aromatic carbocycles. The molecule has 0 saturated carbocycles. The van der Waals surface area contributed by atoms with E-state index in [0.717, 1.165) is 22.7 Å². The molecular formula is C9H10BrNO. The van der Waals surface area contributed by atoms with E-state index in [9.17, 15) is 4.79 Å². The molecule has 0 aromatic heterocycles. The summed E-state index contributed by atoms with van der Waals surface area (Å²) in [6.07, 6.45) is 1.62. The Bertz CT molecular complexity index is 310. The fourth-order valence-electron chi connectivity index (χ4n) is 1.13. The van der Waals surface area contributed by atoms with Crippen LogP contribution in [-0.2, 0) is 6.42 Å². The Morgan fingerprint density at radius 3 is 2.75 bits per heavy atom. The third-order valence-electron chi connectivity index (χ3n) is 1.76. The van der Waals surface area contributed by atoms with Crippen molar-refractivity contribution in [2.45, 2.75) is 13.3 Å². The number of rotatable bonds is 2. The third kappa shape index (κ3) is 1.67. The van der Waals surface area contributed by atoms with Crippen LogP contribution in [0.25, 0.3) is 0 Å². The molecule has 0 spiro atoms. The van der Waals surface area contributed by atoms with E-state index < -0.39 is 0 Å². The normalized spacial score (nSPS) is 9.83. The quantitative estimate of drug-likeness (QED) is 0.623. The number of carbonyl (C=O) groups excluding carboxylic acids is 1. The lowest BCUT2D eigenvalue weighted by Crippen LogP contribution is -1.98. The van der Waals surface area contributed by atoms with Crippen molar-refractivity contribution in [1.29, 1.82) is 0 Å². The Labute approximate surface area is 79.9 Å². The second-order valence-corrected chi connectivity index (χ2v) is 3.45. The zero-order valence-electron chi connectivity index (χ0n) is 6.80. The molecule has 0 amide bonds. The molecule has 0 unspecified atom stereocenters. The van der Waals surface area contributed by atoms with Gasteiger partial charge in [0.1, 0.15) is 0 Å². The molecule has 0 aliphatic rings. The van der Waals surface area contributed by atoms with E-state index in [1.807, 2.05) is 13.0 Å². The molecule has 0 atom stereocenters. The van der Waals surface area contributed by atoms with Gasteiger partial charge in [-0.2, -0.15) is 0 Å². The smallest absolute Gasteiger partial charge is 0.152 e. The molecule has 0 aliphatic carbocycles. The number of benzene rings is 1. The van der Waals surface area contributed by atoms with Gasteiger partial charge in [0.25, 0.3) is 0 Å². The first-order valence-corrected chi connectivity index (χ1v) is 4.51. The summed E-state index contributed by atoms with van der Waals surface area (Å²) >= 11 is 3.32. The Kier molecular flexibility index (Phi) is 2.87. The van der Waals surface area contributed by atoms with Gasteiger partial charge in [0.2, 0.25) is 0 Å². The monoisotopic (exact) mass is 227 g/mol. The van der Waals surface area contributed by atoms with Crippen molar-refractivity contribution in [2.75, 3.05) is 5.73 Å². The minimum atomic E-state index is 0.538. The van der Waals surface area contributed by atoms with E-state index in [0.29, 0.717) is 11.3 Å². The van der Waals surface area contributed by atoms with Crippen LogP contribution in [0, 0.1) is 0 Å². The number of halogens is 1. The highest BCUT2D eigenvalue weighted by Crippen LogP contribution is 2.22. The number of hydrogen-bond donors (Lipinski definition) is 1. The van der Waals surface area contributed by atoms with Gasteiger partial charge in [-0.25, -0.2) is 0 Å². The van der Waals surface area contributed by atoms with Crippen LogP contribution in [-0.4, -0.2) is 6.29 Å². The van der Waals surface area contributed by atoms with Gasteiger partial charge in [-0.1, -0.05) is 22.9 Å². The number of aldehydes is 1. The van der Waals surface area contributed by atoms with E-state index in [4.69, 9.17) is 5.73 Å². The molecule has 0 radical (unpaired) electrons. The average molecular weight is 228 g/mol. The molecule has 0 aliphatic heterocycles. The molecule has 0 saturated heterocycles. The molecule has 64 valence electrons. The van der Waals surface area contributed by atoms with E-state index in [1.54, 1.807) is 6.07 Å². The lowest BCUT2D eigenvalue weighted by molar-refractivity contribution is 0.112. The summed E-state index contributed by atoms with van der Waals surface area (Å²) in [6.45, 7) is 1.99. The molecular weight excluding hydrogens is 218 g/mol. The van der Waals surface area contributed by atoms with Crippen LogP contribution in [0.4, 0.5) is 5.69 Å². The molecule has 1 rings (SSSR count). The minimum absolute atomic E-state index is 0.538. The summed E-state index contributed by atoms with van der Waals surface area (Å²) in [5.74, 6) is 0. The predicted molar refractivity (Wildman–Crippen MR) is 53.3 cm³/mol. The van der Waals surface area contributed by atoms with Gasteiger partial charge in [-0.3, -0.25) is 4.79 Å². The molecule has 2 nitrogen and oxygen atoms in total. The highest BCUT2D eigenvalue weighted by atomic mass is 79.9. The summed E-state index contributed by atoms with van der Waals surface area (Å²) in [4.78, 5) is 10.6. The van der Waals surface area contributed by atoms with Crippen molar-refractivity contribution in [2.24, 2.45) is 0 Å². The van der Waals surface area contributed by atoms with E-state index >= 15 is 0 Å². The van der Waals surface area contributed by atoms with Crippen molar-refractivity contribution in [3.05, 3.63) is 27.7 Å². The highest BCUT2D eigenvalue weighted by Gasteiger charge is 2.04. The van der Waals surface area contributed by atoms with E-state index in [2.05, 4.69) is 15.9 Å². The van der Waals surface area contributed by atoms with Gasteiger partial charge >= 0.3 is 0 Å². The Hall–Kier alpha value is -0.830. The van der Waals surface area contributed by atoms with Crippen molar-refractivity contribution in [1.82, 2.24) is 0 Å². The number of carbonyl (C=O) groups is 1. The number of hydrogen-bond acceptors (Lipinski definition) is 2. The maximum Gasteiger partial charge on any atom is 0.152 e. The fraction of sp³-hybridized carbons (Fsp3) is 0.222. The number of nitrogens with two attached hydrogens (primary N) is 1. The van der Waals surface area contributed by atoms with E-state index in [1.165, 1.54) is 0 Å². The van der Waals surface area contributed by atoms with Crippen LogP contribution >= 0.6 is 15.9 Å². The molecule has 2 N–H and O–H groups in total. The second kappa shape index (κ2) is 3.72. The summed E-state index contributed by atoms with van der Waals surface area (Å²) < 4.78 is 0.919. The van der Waals surface area contributed by atoms with Gasteiger partial charge in [0.15, 0.2) is 6.29 Å². The predicted octanol–water partition coefficient (Wildman–Crippen LogP) is 2.41. The van der Waals surface area contributed by atoms with Crippen LogP contribution in [0.2, 0.25) is 0 Å². The molecule has 0 bridgehead atoms. The maximum atomic E-state index is 10.6. The lowest BCUT2D eigenvalue weighted by atomic mass is 10.0. The summed E-state index contributed by atoms with van der Waals surface area (Å²) in [6, 6.07) is 3.66. The molecule has 0 fully saturated rings. The molecule has 3 heteroatoms. The van der Waals surface area contributed by atoms with Crippen LogP contribution in [0.1, 0.15) is 22.8 Å². The van der Waals surface area contributed by atoms with Crippen LogP contribution in [0.5, 0.6) is 0 Å². The van der Waals surface area contributed by atoms with Crippen molar-refractivity contribution < 1.29 is 4.79 Å². The molecule has 0 heterocycles. The zero-order valence-corrected chi connectivity index (χ0v) is 8.39. The van der Waals surface area contributed by atoms with Gasteiger partial charge in [-0.15, -0.1) is 0 Å². The second-order valence-electron chi connectivity index (χ2n) is 2.54. The maximum absolute atomic E-state index is 10.6. The number of anilines is 1. The third-order valence-corrected chi connectivity index (χ3v) is 2.22. The topological polar surface area (TPSA) is 43.1 Å². The van der Waals surface area contributed by atoms with Crippen LogP contribution < -0.4 is 5.73 Å². The first kappa shape index (κ1) is 9.26. The van der Waals surface area contributed by atoms with Gasteiger partial charge in [0, 0.05) is 15.7 Å². The summed E-state index contributed by atoms with van der Waals surface area (Å²) in [7, 11) is 0. The Morgan fingerprint density at radius 1 is 1.58 bits per heavy atom. The zero-order chi connectivity index (χ0) is 9.14. The first-order valence-electron chi connectivity index (χ1n) is 3.72. The standard InChI is InChI=1S/C9H10BrNO/c1-2-6-3-7(10)4-9(11)8(6)5-12/h3-5H,2,11H2,1H3. The molecule has 12 heavy (non-hydrogen) atoms. The average Bonchev–Trinajstić information content (AvgIpc) is 2.03. The van der Waals surface area contributed by atoms with E-state index in [-0.39, 0.29) is 0 Å². The summed E-state index contributed by atoms with van der Waals surface area (Å²) in [5.41, 5.74) is 7.78. The minimum Gasteiger partial charge on any atom is -0.398 e. The van der Waals surface area contributed by atoms with Gasteiger partial charge in [-0.05, 0) is 24.1 Å². The van der Waals surface area contributed by atoms with Gasteiger partial charge < -0.3 is 5.73 Å². The molecule has 1 aromatic rings. The van der Waals surface area contributed by atoms with Crippen molar-refractivity contribution in [3.63, 3.8) is 0 Å². The van der Waals surface area contributed by atoms with Gasteiger partial charge in [0.05, 0.1) is 0 Å². The summed E-state index contributed by atoms with van der Waals surface area (Å²) in [5, 5.41) is 0. The fourth-order valence-corrected chi connectivity index (χ4v) is 1.66. The Morgan fingerprint density at radius 2 is 2.25 bits per heavy atom. The SMILES string of the molecule is CCc1cc(Br)cc(N)c1C=O. The largest absolute Gasteiger partial charge is 0.398 e. The number of aryl methyl sites for hydroxylation is 1. The lowest BCUT2D eigenvalue weighted by Gasteiger charge is -2.05. The number of nitrogen functional groups attached to an aromatic ring is 1. The van der Waals surface area contributed by atoms with Crippen LogP contribution in [0.3, 0.4) is 0 Å². The van der Waals surface area contributed by atoms with Crippen molar-refractivity contribution >= 4 is 27.9 Å². The Balaban J connectivity index is 3.33. The first-order chi connectivity index (χ1) is 5.69.